The summed E-state index contributed by atoms with van der Waals surface area (Å²) in [5.41, 5.74) is 2.44. The summed E-state index contributed by atoms with van der Waals surface area (Å²) in [5, 5.41) is 6.04. The Balaban J connectivity index is 1.95. The molecule has 0 saturated carbocycles. The van der Waals surface area contributed by atoms with Crippen molar-refractivity contribution in [2.24, 2.45) is 5.84 Å². The molecule has 1 fully saturated rings. The van der Waals surface area contributed by atoms with Crippen molar-refractivity contribution in [3.8, 4) is 0 Å². The quantitative estimate of drug-likeness (QED) is 0.562. The van der Waals surface area contributed by atoms with Crippen LogP contribution in [0.5, 0.6) is 0 Å². The summed E-state index contributed by atoms with van der Waals surface area (Å²) in [4.78, 5) is 23.0. The fourth-order valence-corrected chi connectivity index (χ4v) is 2.92. The minimum Gasteiger partial charge on any atom is -0.358 e. The second-order valence-corrected chi connectivity index (χ2v) is 5.32. The van der Waals surface area contributed by atoms with Crippen LogP contribution in [-0.2, 0) is 4.79 Å². The third kappa shape index (κ3) is 2.08. The molecule has 0 radical (unpaired) electrons. The Hall–Kier alpha value is -1.93. The molecule has 100 valence electrons. The van der Waals surface area contributed by atoms with E-state index in [9.17, 15) is 4.79 Å². The Kier molecular flexibility index (Phi) is 2.96. The van der Waals surface area contributed by atoms with Gasteiger partial charge in [-0.15, -0.1) is 11.3 Å². The molecule has 1 aliphatic heterocycles. The van der Waals surface area contributed by atoms with Crippen LogP contribution in [0.4, 0.5) is 11.8 Å². The number of carbonyl (C=O) groups is 1. The summed E-state index contributed by atoms with van der Waals surface area (Å²) in [5.74, 6) is 6.44. The number of fused-ring (bicyclic) bond motifs is 1. The van der Waals surface area contributed by atoms with E-state index in [0.29, 0.717) is 11.8 Å². The van der Waals surface area contributed by atoms with Gasteiger partial charge in [0.25, 0.3) is 0 Å². The lowest BCUT2D eigenvalue weighted by atomic mass is 10.2. The minimum atomic E-state index is -0.228. The van der Waals surface area contributed by atoms with Gasteiger partial charge in [0.05, 0.1) is 5.39 Å². The second-order valence-electron chi connectivity index (χ2n) is 4.42. The molecule has 3 heterocycles. The lowest BCUT2D eigenvalue weighted by Gasteiger charge is -2.14. The Morgan fingerprint density at radius 1 is 1.53 bits per heavy atom. The maximum Gasteiger partial charge on any atom is 0.244 e. The molecule has 19 heavy (non-hydrogen) atoms. The van der Waals surface area contributed by atoms with Gasteiger partial charge in [0, 0.05) is 13.6 Å². The van der Waals surface area contributed by atoms with Gasteiger partial charge in [0.1, 0.15) is 16.7 Å². The number of rotatable bonds is 3. The standard InChI is InChI=1S/C11H14N6OS/c1-17-4-2-7(10(17)18)13-8-6-3-5-19-9(6)15-11(14-8)16-12/h3,5,7H,2,4,12H2,1H3,(H2,13,14,15,16). The van der Waals surface area contributed by atoms with E-state index < -0.39 is 0 Å². The third-order valence-corrected chi connectivity index (χ3v) is 4.00. The molecule has 7 nitrogen and oxygen atoms in total. The maximum absolute atomic E-state index is 11.9. The number of hydrogen-bond acceptors (Lipinski definition) is 7. The summed E-state index contributed by atoms with van der Waals surface area (Å²) in [6, 6.07) is 1.71. The van der Waals surface area contributed by atoms with Crippen LogP contribution < -0.4 is 16.6 Å². The smallest absolute Gasteiger partial charge is 0.244 e. The van der Waals surface area contributed by atoms with Crippen LogP contribution in [0.2, 0.25) is 0 Å². The summed E-state index contributed by atoms with van der Waals surface area (Å²) in [6.45, 7) is 0.760. The SMILES string of the molecule is CN1CCC(Nc2nc(NN)nc3sccc23)C1=O. The van der Waals surface area contributed by atoms with Crippen molar-refractivity contribution in [2.45, 2.75) is 12.5 Å². The largest absolute Gasteiger partial charge is 0.358 e. The summed E-state index contributed by atoms with van der Waals surface area (Å²) < 4.78 is 0. The number of nitrogens with one attached hydrogen (secondary N) is 2. The normalized spacial score (nSPS) is 19.2. The fourth-order valence-electron chi connectivity index (χ4n) is 2.15. The Bertz CT molecular complexity index is 627. The fraction of sp³-hybridized carbons (Fsp3) is 0.364. The monoisotopic (exact) mass is 278 g/mol. The van der Waals surface area contributed by atoms with Crippen LogP contribution in [-0.4, -0.2) is 40.4 Å². The molecule has 1 aliphatic rings. The Morgan fingerprint density at radius 3 is 3.05 bits per heavy atom. The molecule has 1 unspecified atom stereocenters. The Morgan fingerprint density at radius 2 is 2.37 bits per heavy atom. The number of thiophene rings is 1. The lowest BCUT2D eigenvalue weighted by Crippen LogP contribution is -2.31. The number of likely N-dealkylation sites (tertiary alicyclic amines) is 1. The topological polar surface area (TPSA) is 96.2 Å². The molecule has 0 aliphatic carbocycles. The molecule has 2 aromatic rings. The van der Waals surface area contributed by atoms with Gasteiger partial charge in [-0.05, 0) is 17.9 Å². The first-order chi connectivity index (χ1) is 9.19. The van der Waals surface area contributed by atoms with Crippen LogP contribution in [0.1, 0.15) is 6.42 Å². The molecule has 2 aromatic heterocycles. The zero-order valence-corrected chi connectivity index (χ0v) is 11.2. The highest BCUT2D eigenvalue weighted by molar-refractivity contribution is 7.16. The predicted molar refractivity (Wildman–Crippen MR) is 74.9 cm³/mol. The third-order valence-electron chi connectivity index (χ3n) is 3.19. The molecule has 1 amide bonds. The first-order valence-electron chi connectivity index (χ1n) is 5.92. The van der Waals surface area contributed by atoms with Gasteiger partial charge < -0.3 is 10.2 Å². The number of hydrazine groups is 1. The van der Waals surface area contributed by atoms with Gasteiger partial charge in [-0.3, -0.25) is 10.2 Å². The molecule has 0 aromatic carbocycles. The van der Waals surface area contributed by atoms with Crippen LogP contribution >= 0.6 is 11.3 Å². The predicted octanol–water partition coefficient (Wildman–Crippen LogP) is 0.619. The highest BCUT2D eigenvalue weighted by Gasteiger charge is 2.29. The number of nitrogens with two attached hydrogens (primary N) is 1. The zero-order chi connectivity index (χ0) is 13.4. The van der Waals surface area contributed by atoms with Gasteiger partial charge >= 0.3 is 0 Å². The van der Waals surface area contributed by atoms with E-state index in [1.165, 1.54) is 11.3 Å². The summed E-state index contributed by atoms with van der Waals surface area (Å²) >= 11 is 1.51. The molecular formula is C11H14N6OS. The van der Waals surface area contributed by atoms with Crippen molar-refractivity contribution in [1.29, 1.82) is 0 Å². The highest BCUT2D eigenvalue weighted by Crippen LogP contribution is 2.27. The van der Waals surface area contributed by atoms with Crippen LogP contribution in [0, 0.1) is 0 Å². The van der Waals surface area contributed by atoms with Gasteiger partial charge in [-0.25, -0.2) is 10.8 Å². The minimum absolute atomic E-state index is 0.0873. The average molecular weight is 278 g/mol. The number of nitrogens with zero attached hydrogens (tertiary/aromatic N) is 3. The van der Waals surface area contributed by atoms with Gasteiger partial charge in [0.2, 0.25) is 11.9 Å². The Labute approximate surface area is 113 Å². The molecule has 4 N–H and O–H groups in total. The molecular weight excluding hydrogens is 264 g/mol. The van der Waals surface area contributed by atoms with E-state index >= 15 is 0 Å². The molecule has 3 rings (SSSR count). The summed E-state index contributed by atoms with van der Waals surface area (Å²) in [6.07, 6.45) is 0.774. The van der Waals surface area contributed by atoms with Crippen molar-refractivity contribution in [2.75, 3.05) is 24.3 Å². The first kappa shape index (κ1) is 12.1. The van der Waals surface area contributed by atoms with E-state index in [1.807, 2.05) is 11.4 Å². The van der Waals surface area contributed by atoms with Crippen LogP contribution in [0.15, 0.2) is 11.4 Å². The second kappa shape index (κ2) is 4.63. The van der Waals surface area contributed by atoms with Crippen LogP contribution in [0.3, 0.4) is 0 Å². The number of amides is 1. The summed E-state index contributed by atoms with van der Waals surface area (Å²) in [7, 11) is 1.80. The van der Waals surface area contributed by atoms with Crippen molar-refractivity contribution in [3.05, 3.63) is 11.4 Å². The van der Waals surface area contributed by atoms with E-state index in [4.69, 9.17) is 5.84 Å². The number of likely N-dealkylation sites (N-methyl/N-ethyl adjacent to an activating group) is 1. The molecule has 1 saturated heterocycles. The van der Waals surface area contributed by atoms with Crippen molar-refractivity contribution < 1.29 is 4.79 Å². The van der Waals surface area contributed by atoms with E-state index in [0.717, 1.165) is 23.2 Å². The number of carbonyl (C=O) groups excluding carboxylic acids is 1. The van der Waals surface area contributed by atoms with Crippen molar-refractivity contribution in [1.82, 2.24) is 14.9 Å². The molecule has 0 bridgehead atoms. The number of anilines is 2. The number of aromatic nitrogens is 2. The van der Waals surface area contributed by atoms with E-state index in [1.54, 1.807) is 11.9 Å². The highest BCUT2D eigenvalue weighted by atomic mass is 32.1. The average Bonchev–Trinajstić information content (AvgIpc) is 3.00. The molecule has 8 heteroatoms. The van der Waals surface area contributed by atoms with Crippen molar-refractivity contribution in [3.63, 3.8) is 0 Å². The van der Waals surface area contributed by atoms with Gasteiger partial charge in [-0.2, -0.15) is 4.98 Å². The lowest BCUT2D eigenvalue weighted by molar-refractivity contribution is -0.127. The molecule has 1 atom stereocenters. The van der Waals surface area contributed by atoms with E-state index in [-0.39, 0.29) is 11.9 Å². The van der Waals surface area contributed by atoms with Crippen LogP contribution in [0.25, 0.3) is 10.2 Å². The van der Waals surface area contributed by atoms with Crippen molar-refractivity contribution >= 4 is 39.2 Å². The first-order valence-corrected chi connectivity index (χ1v) is 6.80. The zero-order valence-electron chi connectivity index (χ0n) is 10.4. The number of nitrogen functional groups attached to an aromatic ring is 1. The van der Waals surface area contributed by atoms with Gasteiger partial charge in [-0.1, -0.05) is 0 Å². The van der Waals surface area contributed by atoms with E-state index in [2.05, 4.69) is 20.7 Å². The van der Waals surface area contributed by atoms with Gasteiger partial charge in [0.15, 0.2) is 0 Å². The molecule has 0 spiro atoms. The maximum atomic E-state index is 11.9. The number of hydrogen-bond donors (Lipinski definition) is 3.